The molecular weight excluding hydrogens is 456 g/mol. The summed E-state index contributed by atoms with van der Waals surface area (Å²) in [5, 5.41) is 3.95. The van der Waals surface area contributed by atoms with Crippen LogP contribution in [-0.2, 0) is 11.2 Å². The minimum atomic E-state index is -0.457. The molecule has 188 valence electrons. The van der Waals surface area contributed by atoms with Gasteiger partial charge in [0.25, 0.3) is 5.91 Å². The standard InChI is InChI=1S/C29H32N2O5/c1-3-5-6-22-7-13-26(14-8-22)35-21-28(32)31-30-20-23-9-15-27(16-10-23)36-29(33)24-11-17-25(18-12-24)34-19-4-2/h7-18,20H,3-6,19,21H2,1-2H3,(H,31,32)/b30-20-. The third-order valence-electron chi connectivity index (χ3n) is 5.17. The van der Waals surface area contributed by atoms with Crippen molar-refractivity contribution in [2.75, 3.05) is 13.2 Å². The summed E-state index contributed by atoms with van der Waals surface area (Å²) in [6.45, 7) is 4.69. The number of nitrogens with zero attached hydrogens (tertiary/aromatic N) is 1. The van der Waals surface area contributed by atoms with Gasteiger partial charge in [-0.05, 0) is 91.1 Å². The van der Waals surface area contributed by atoms with Crippen molar-refractivity contribution in [1.29, 1.82) is 0 Å². The van der Waals surface area contributed by atoms with Gasteiger partial charge in [0, 0.05) is 0 Å². The van der Waals surface area contributed by atoms with Crippen LogP contribution in [0.25, 0.3) is 0 Å². The first-order valence-corrected chi connectivity index (χ1v) is 12.2. The van der Waals surface area contributed by atoms with Gasteiger partial charge in [0.1, 0.15) is 17.2 Å². The summed E-state index contributed by atoms with van der Waals surface area (Å²) >= 11 is 0. The normalized spacial score (nSPS) is 10.7. The topological polar surface area (TPSA) is 86.2 Å². The number of hydrogen-bond acceptors (Lipinski definition) is 6. The van der Waals surface area contributed by atoms with E-state index >= 15 is 0 Å². The molecule has 0 saturated heterocycles. The van der Waals surface area contributed by atoms with Crippen molar-refractivity contribution < 1.29 is 23.8 Å². The maximum Gasteiger partial charge on any atom is 0.343 e. The number of carbonyl (C=O) groups excluding carboxylic acids is 2. The Morgan fingerprint density at radius 1 is 0.806 bits per heavy atom. The minimum absolute atomic E-state index is 0.133. The van der Waals surface area contributed by atoms with Crippen molar-refractivity contribution in [1.82, 2.24) is 5.43 Å². The smallest absolute Gasteiger partial charge is 0.343 e. The second kappa shape index (κ2) is 14.3. The second-order valence-corrected chi connectivity index (χ2v) is 8.16. The molecule has 0 unspecified atom stereocenters. The number of unbranched alkanes of at least 4 members (excludes halogenated alkanes) is 1. The summed E-state index contributed by atoms with van der Waals surface area (Å²) in [4.78, 5) is 24.3. The van der Waals surface area contributed by atoms with Gasteiger partial charge in [0.2, 0.25) is 0 Å². The summed E-state index contributed by atoms with van der Waals surface area (Å²) in [5.74, 6) is 0.938. The Hall–Kier alpha value is -4.13. The third kappa shape index (κ3) is 8.91. The van der Waals surface area contributed by atoms with E-state index in [1.807, 2.05) is 31.2 Å². The Bertz CT molecular complexity index is 1120. The Labute approximate surface area is 212 Å². The molecule has 0 fully saturated rings. The molecule has 0 aliphatic rings. The molecule has 0 bridgehead atoms. The van der Waals surface area contributed by atoms with Crippen LogP contribution >= 0.6 is 0 Å². The lowest BCUT2D eigenvalue weighted by atomic mass is 10.1. The molecular formula is C29H32N2O5. The van der Waals surface area contributed by atoms with Gasteiger partial charge < -0.3 is 14.2 Å². The van der Waals surface area contributed by atoms with Crippen molar-refractivity contribution in [2.24, 2.45) is 5.10 Å². The molecule has 0 radical (unpaired) electrons. The monoisotopic (exact) mass is 488 g/mol. The van der Waals surface area contributed by atoms with Crippen molar-refractivity contribution in [3.05, 3.63) is 89.5 Å². The molecule has 0 aliphatic heterocycles. The van der Waals surface area contributed by atoms with Gasteiger partial charge in [-0.15, -0.1) is 0 Å². The number of nitrogens with one attached hydrogen (secondary N) is 1. The molecule has 36 heavy (non-hydrogen) atoms. The van der Waals surface area contributed by atoms with Crippen LogP contribution in [0.4, 0.5) is 0 Å². The van der Waals surface area contributed by atoms with E-state index < -0.39 is 5.97 Å². The Kier molecular flexibility index (Phi) is 10.5. The molecule has 3 rings (SSSR count). The molecule has 0 atom stereocenters. The van der Waals surface area contributed by atoms with E-state index in [1.165, 1.54) is 11.8 Å². The maximum atomic E-state index is 12.3. The highest BCUT2D eigenvalue weighted by Gasteiger charge is 2.09. The van der Waals surface area contributed by atoms with Crippen LogP contribution in [0.3, 0.4) is 0 Å². The molecule has 0 aliphatic carbocycles. The van der Waals surface area contributed by atoms with Crippen LogP contribution in [0.1, 0.15) is 54.6 Å². The van der Waals surface area contributed by atoms with Gasteiger partial charge in [-0.3, -0.25) is 4.79 Å². The van der Waals surface area contributed by atoms with Gasteiger partial charge in [0.15, 0.2) is 6.61 Å². The molecule has 0 spiro atoms. The zero-order chi connectivity index (χ0) is 25.6. The molecule has 7 heteroatoms. The number of aryl methyl sites for hydroxylation is 1. The zero-order valence-electron chi connectivity index (χ0n) is 20.7. The molecule has 7 nitrogen and oxygen atoms in total. The molecule has 0 heterocycles. The van der Waals surface area contributed by atoms with Gasteiger partial charge in [-0.2, -0.15) is 5.10 Å². The number of rotatable bonds is 13. The first-order chi connectivity index (χ1) is 17.6. The fourth-order valence-corrected chi connectivity index (χ4v) is 3.19. The molecule has 1 N–H and O–H groups in total. The van der Waals surface area contributed by atoms with Crippen LogP contribution in [0.15, 0.2) is 77.9 Å². The number of ether oxygens (including phenoxy) is 3. The number of carbonyl (C=O) groups is 2. The lowest BCUT2D eigenvalue weighted by molar-refractivity contribution is -0.123. The van der Waals surface area contributed by atoms with Crippen LogP contribution in [0.2, 0.25) is 0 Å². The fourth-order valence-electron chi connectivity index (χ4n) is 3.19. The van der Waals surface area contributed by atoms with Crippen molar-refractivity contribution in [3.8, 4) is 17.2 Å². The van der Waals surface area contributed by atoms with E-state index in [-0.39, 0.29) is 12.5 Å². The molecule has 3 aromatic rings. The maximum absolute atomic E-state index is 12.3. The summed E-state index contributed by atoms with van der Waals surface area (Å²) < 4.78 is 16.4. The number of benzene rings is 3. The highest BCUT2D eigenvalue weighted by Crippen LogP contribution is 2.17. The van der Waals surface area contributed by atoms with E-state index in [4.69, 9.17) is 14.2 Å². The quantitative estimate of drug-likeness (QED) is 0.147. The predicted molar refractivity (Wildman–Crippen MR) is 140 cm³/mol. The first kappa shape index (κ1) is 26.5. The van der Waals surface area contributed by atoms with Crippen molar-refractivity contribution >= 4 is 18.1 Å². The SMILES string of the molecule is CCCCc1ccc(OCC(=O)N/N=C\c2ccc(OC(=O)c3ccc(OCCC)cc3)cc2)cc1. The summed E-state index contributed by atoms with van der Waals surface area (Å²) in [6.07, 6.45) is 5.76. The van der Waals surface area contributed by atoms with Gasteiger partial charge >= 0.3 is 5.97 Å². The average molecular weight is 489 g/mol. The predicted octanol–water partition coefficient (Wildman–Crippen LogP) is 5.57. The lowest BCUT2D eigenvalue weighted by Gasteiger charge is -2.07. The number of hydrazone groups is 1. The first-order valence-electron chi connectivity index (χ1n) is 12.2. The van der Waals surface area contributed by atoms with E-state index in [0.29, 0.717) is 29.4 Å². The Balaban J connectivity index is 1.41. The largest absolute Gasteiger partial charge is 0.494 e. The third-order valence-corrected chi connectivity index (χ3v) is 5.17. The van der Waals surface area contributed by atoms with Crippen LogP contribution in [-0.4, -0.2) is 31.3 Å². The minimum Gasteiger partial charge on any atom is -0.494 e. The van der Waals surface area contributed by atoms with E-state index in [0.717, 1.165) is 31.2 Å². The highest BCUT2D eigenvalue weighted by atomic mass is 16.5. The number of hydrogen-bond donors (Lipinski definition) is 1. The summed E-state index contributed by atoms with van der Waals surface area (Å²) in [6, 6.07) is 21.4. The molecule has 0 saturated carbocycles. The molecule has 1 amide bonds. The second-order valence-electron chi connectivity index (χ2n) is 8.16. The molecule has 3 aromatic carbocycles. The number of esters is 1. The van der Waals surface area contributed by atoms with Crippen LogP contribution in [0.5, 0.6) is 17.2 Å². The van der Waals surface area contributed by atoms with E-state index in [1.54, 1.807) is 48.5 Å². The van der Waals surface area contributed by atoms with Crippen LogP contribution in [0, 0.1) is 0 Å². The Morgan fingerprint density at radius 2 is 1.44 bits per heavy atom. The average Bonchev–Trinajstić information content (AvgIpc) is 2.91. The highest BCUT2D eigenvalue weighted by molar-refractivity contribution is 5.91. The van der Waals surface area contributed by atoms with Crippen LogP contribution < -0.4 is 19.6 Å². The van der Waals surface area contributed by atoms with Crippen molar-refractivity contribution in [2.45, 2.75) is 39.5 Å². The van der Waals surface area contributed by atoms with Gasteiger partial charge in [0.05, 0.1) is 18.4 Å². The fraction of sp³-hybridized carbons (Fsp3) is 0.276. The van der Waals surface area contributed by atoms with E-state index in [9.17, 15) is 9.59 Å². The zero-order valence-corrected chi connectivity index (χ0v) is 20.7. The summed E-state index contributed by atoms with van der Waals surface area (Å²) in [7, 11) is 0. The van der Waals surface area contributed by atoms with Crippen molar-refractivity contribution in [3.63, 3.8) is 0 Å². The van der Waals surface area contributed by atoms with E-state index in [2.05, 4.69) is 17.5 Å². The molecule has 0 aromatic heterocycles. The lowest BCUT2D eigenvalue weighted by Crippen LogP contribution is -2.24. The summed E-state index contributed by atoms with van der Waals surface area (Å²) in [5.41, 5.74) is 4.86. The van der Waals surface area contributed by atoms with Gasteiger partial charge in [-0.1, -0.05) is 32.4 Å². The Morgan fingerprint density at radius 3 is 2.11 bits per heavy atom. The number of amides is 1. The van der Waals surface area contributed by atoms with Gasteiger partial charge in [-0.25, -0.2) is 10.2 Å².